The first-order chi connectivity index (χ1) is 29.1. The molecule has 2 heterocycles. The molecule has 0 amide bonds. The van der Waals surface area contributed by atoms with Gasteiger partial charge < -0.3 is 47.0 Å². The summed E-state index contributed by atoms with van der Waals surface area (Å²) >= 11 is 1.20. The Kier molecular flexibility index (Phi) is 19.1. The van der Waals surface area contributed by atoms with Gasteiger partial charge in [-0.05, 0) is 35.4 Å². The van der Waals surface area contributed by atoms with Crippen LogP contribution in [0.5, 0.6) is 0 Å². The molecule has 0 fully saturated rings. The van der Waals surface area contributed by atoms with Crippen molar-refractivity contribution in [1.82, 2.24) is 29.9 Å². The first kappa shape index (κ1) is 48.7. The molecule has 0 aliphatic heterocycles. The molecule has 0 aliphatic carbocycles. The molecular formula is C30H38N12O15S4. The standard InChI is InChI=1S/C30H38N12O15S4/c43-15-21(45)13-33-27-37-25(31-7-9-58-57-55-47)39-30(42-27)36-20-6-4-18(24(12-20)61(52,53)54)2-1-17-3-5-19(11-23(17)59-56-48)35-29-40-26(32-8-10-60(49,50)51)38-28(41-29)34-14-22(46)16-44/h1-7,11-12,21-22,43-48H,8-10,13-16H2,(H,49,50,51)(H,52,53,54)(H2,33,36,37,39,42)(H3,32,34,35,38,40,41)/b2-1?,31-7-. The van der Waals surface area contributed by atoms with Crippen LogP contribution in [-0.2, 0) is 33.9 Å². The monoisotopic (exact) mass is 934 g/mol. The SMILES string of the molecule is O=S(=O)(O)CCNc1nc(NCC(O)CO)nc(Nc2ccc(C=Cc3ccc(Nc4nc(/N=C\CSOOO)nc(NCC(O)CO)n4)cc3S(=O)(=O)O)c(SOO)c2)n1. The lowest BCUT2D eigenvalue weighted by Gasteiger charge is -2.13. The minimum Gasteiger partial charge on any atom is -0.394 e. The van der Waals surface area contributed by atoms with Gasteiger partial charge in [-0.3, -0.25) is 9.11 Å². The van der Waals surface area contributed by atoms with E-state index in [2.05, 4.69) is 75.2 Å². The van der Waals surface area contributed by atoms with E-state index >= 15 is 0 Å². The Morgan fingerprint density at radius 1 is 0.738 bits per heavy atom. The van der Waals surface area contributed by atoms with Crippen molar-refractivity contribution in [2.75, 3.05) is 70.9 Å². The van der Waals surface area contributed by atoms with E-state index in [4.69, 9.17) is 20.0 Å². The third-order valence-electron chi connectivity index (χ3n) is 7.13. The number of rotatable bonds is 26. The minimum atomic E-state index is -4.85. The van der Waals surface area contributed by atoms with E-state index in [1.165, 1.54) is 36.6 Å². The molecule has 4 rings (SSSR count). The van der Waals surface area contributed by atoms with Crippen molar-refractivity contribution in [3.05, 3.63) is 47.5 Å². The predicted molar refractivity (Wildman–Crippen MR) is 221 cm³/mol. The van der Waals surface area contributed by atoms with Crippen molar-refractivity contribution in [2.24, 2.45) is 4.99 Å². The van der Waals surface area contributed by atoms with Gasteiger partial charge in [0.25, 0.3) is 26.2 Å². The summed E-state index contributed by atoms with van der Waals surface area (Å²) in [5.74, 6) is -1.25. The van der Waals surface area contributed by atoms with E-state index in [0.29, 0.717) is 35.3 Å². The number of aliphatic imine (C=N–C) groups is 1. The molecule has 0 radical (unpaired) electrons. The highest BCUT2D eigenvalue weighted by Gasteiger charge is 2.17. The van der Waals surface area contributed by atoms with Gasteiger partial charge in [0.1, 0.15) is 4.90 Å². The Labute approximate surface area is 354 Å². The highest BCUT2D eigenvalue weighted by atomic mass is 32.2. The van der Waals surface area contributed by atoms with E-state index < -0.39 is 56.3 Å². The molecule has 2 aromatic heterocycles. The number of aromatic nitrogens is 6. The van der Waals surface area contributed by atoms with E-state index in [0.717, 1.165) is 6.07 Å². The van der Waals surface area contributed by atoms with Gasteiger partial charge in [-0.1, -0.05) is 29.3 Å². The zero-order valence-electron chi connectivity index (χ0n) is 31.0. The molecular weight excluding hydrogens is 897 g/mol. The Morgan fingerprint density at radius 3 is 1.87 bits per heavy atom. The van der Waals surface area contributed by atoms with Gasteiger partial charge in [-0.2, -0.15) is 51.1 Å². The summed E-state index contributed by atoms with van der Waals surface area (Å²) in [7, 11) is -9.16. The third kappa shape index (κ3) is 17.1. The van der Waals surface area contributed by atoms with Crippen molar-refractivity contribution in [2.45, 2.75) is 22.0 Å². The van der Waals surface area contributed by atoms with E-state index in [1.54, 1.807) is 12.1 Å². The second-order valence-electron chi connectivity index (χ2n) is 11.7. The average Bonchev–Trinajstić information content (AvgIpc) is 3.21. The molecule has 31 heteroatoms. The third-order valence-corrected chi connectivity index (χ3v) is 9.81. The Bertz CT molecular complexity index is 2350. The highest BCUT2D eigenvalue weighted by Crippen LogP contribution is 2.31. The number of anilines is 7. The molecule has 0 bridgehead atoms. The van der Waals surface area contributed by atoms with Crippen LogP contribution >= 0.6 is 24.1 Å². The molecule has 4 aromatic rings. The molecule has 0 saturated carbocycles. The number of nitrogens with zero attached hydrogens (tertiary/aromatic N) is 7. The first-order valence-corrected chi connectivity index (χ1v) is 21.6. The average molecular weight is 935 g/mol. The van der Waals surface area contributed by atoms with Crippen LogP contribution in [0.4, 0.5) is 47.1 Å². The maximum absolute atomic E-state index is 12.6. The lowest BCUT2D eigenvalue weighted by molar-refractivity contribution is -0.432. The van der Waals surface area contributed by atoms with Gasteiger partial charge in [0, 0.05) is 54.2 Å². The summed E-state index contributed by atoms with van der Waals surface area (Å²) in [6.45, 7) is -1.70. The number of nitrogens with one attached hydrogen (secondary N) is 5. The first-order valence-electron chi connectivity index (χ1n) is 16.9. The lowest BCUT2D eigenvalue weighted by atomic mass is 10.1. The van der Waals surface area contributed by atoms with E-state index in [-0.39, 0.29) is 77.2 Å². The largest absolute Gasteiger partial charge is 0.394 e. The summed E-state index contributed by atoms with van der Waals surface area (Å²) in [5.41, 5.74) is 0.820. The molecule has 2 atom stereocenters. The molecule has 27 nitrogen and oxygen atoms in total. The van der Waals surface area contributed by atoms with Crippen LogP contribution < -0.4 is 26.6 Å². The summed E-state index contributed by atoms with van der Waals surface area (Å²) < 4.78 is 75.3. The summed E-state index contributed by atoms with van der Waals surface area (Å²) in [4.78, 5) is 28.6. The van der Waals surface area contributed by atoms with Crippen LogP contribution in [0, 0.1) is 0 Å². The maximum Gasteiger partial charge on any atom is 0.295 e. The molecule has 2 aromatic carbocycles. The van der Waals surface area contributed by atoms with Crippen molar-refractivity contribution in [1.29, 1.82) is 0 Å². The smallest absolute Gasteiger partial charge is 0.295 e. The van der Waals surface area contributed by atoms with Crippen LogP contribution in [-0.4, -0.2) is 150 Å². The van der Waals surface area contributed by atoms with Gasteiger partial charge in [0.15, 0.2) is 0 Å². The minimum absolute atomic E-state index is 0.0227. The molecule has 0 spiro atoms. The zero-order chi connectivity index (χ0) is 44.4. The second kappa shape index (κ2) is 23.9. The van der Waals surface area contributed by atoms with Crippen molar-refractivity contribution < 1.29 is 70.6 Å². The predicted octanol–water partition coefficient (Wildman–Crippen LogP) is 1.06. The zero-order valence-corrected chi connectivity index (χ0v) is 34.3. The quantitative estimate of drug-likeness (QED) is 0.00796. The molecule has 61 heavy (non-hydrogen) atoms. The van der Waals surface area contributed by atoms with Gasteiger partial charge in [0.05, 0.1) is 49.0 Å². The number of hydrogen-bond acceptors (Lipinski definition) is 27. The van der Waals surface area contributed by atoms with Gasteiger partial charge in [-0.15, -0.1) is 4.33 Å². The summed E-state index contributed by atoms with van der Waals surface area (Å²) in [6.07, 6.45) is 1.81. The highest BCUT2D eigenvalue weighted by molar-refractivity contribution is 7.95. The number of benzene rings is 2. The molecule has 0 saturated heterocycles. The van der Waals surface area contributed by atoms with Crippen LogP contribution in [0.2, 0.25) is 0 Å². The fraction of sp³-hybridized carbons (Fsp3) is 0.300. The molecule has 332 valence electrons. The van der Waals surface area contributed by atoms with Crippen molar-refractivity contribution in [3.8, 4) is 0 Å². The van der Waals surface area contributed by atoms with Gasteiger partial charge in [0.2, 0.25) is 29.7 Å². The molecule has 2 unspecified atom stereocenters. The van der Waals surface area contributed by atoms with Gasteiger partial charge in [-0.25, -0.2) is 15.5 Å². The Hall–Kier alpha value is -4.97. The van der Waals surface area contributed by atoms with Crippen LogP contribution in [0.3, 0.4) is 0 Å². The van der Waals surface area contributed by atoms with Crippen LogP contribution in [0.15, 0.2) is 51.2 Å². The lowest BCUT2D eigenvalue weighted by Crippen LogP contribution is -2.24. The number of aliphatic hydroxyl groups excluding tert-OH is 4. The van der Waals surface area contributed by atoms with Crippen molar-refractivity contribution >= 4 is 110 Å². The van der Waals surface area contributed by atoms with Crippen LogP contribution in [0.25, 0.3) is 12.2 Å². The van der Waals surface area contributed by atoms with E-state index in [1.807, 2.05) is 0 Å². The van der Waals surface area contributed by atoms with Crippen molar-refractivity contribution in [3.63, 3.8) is 0 Å². The number of hydrogen-bond donors (Lipinski definition) is 13. The van der Waals surface area contributed by atoms with Crippen LogP contribution in [0.1, 0.15) is 11.1 Å². The molecule has 13 N–H and O–H groups in total. The normalized spacial score (nSPS) is 13.0. The van der Waals surface area contributed by atoms with Gasteiger partial charge >= 0.3 is 0 Å². The maximum atomic E-state index is 12.6. The fourth-order valence-corrected chi connectivity index (χ4v) is 6.25. The second-order valence-corrected chi connectivity index (χ2v) is 16.1. The summed E-state index contributed by atoms with van der Waals surface area (Å²) in [5, 5.41) is 72.6. The number of aliphatic hydroxyl groups is 4. The topological polar surface area (TPSA) is 408 Å². The fourth-order valence-electron chi connectivity index (χ4n) is 4.46. The van der Waals surface area contributed by atoms with E-state index in [9.17, 15) is 36.9 Å². The molecule has 0 aliphatic rings. The summed E-state index contributed by atoms with van der Waals surface area (Å²) in [6, 6.07) is 8.49. The Balaban J connectivity index is 1.60. The Morgan fingerprint density at radius 2 is 1.28 bits per heavy atom.